The molecule has 1 aromatic heterocycles. The number of carboxylic acids is 1. The number of amides is 2. The van der Waals surface area contributed by atoms with Crippen LogP contribution in [-0.4, -0.2) is 41.6 Å². The van der Waals surface area contributed by atoms with Crippen LogP contribution in [0, 0.1) is 11.8 Å². The van der Waals surface area contributed by atoms with Crippen molar-refractivity contribution in [3.8, 4) is 0 Å². The van der Waals surface area contributed by atoms with Crippen LogP contribution in [0.4, 0.5) is 4.79 Å². The summed E-state index contributed by atoms with van der Waals surface area (Å²) >= 11 is 1.65. The topological polar surface area (TPSA) is 69.6 Å². The molecular formula is C13H18N2O3S. The first-order valence-corrected chi connectivity index (χ1v) is 7.29. The Balaban J connectivity index is 1.65. The first-order chi connectivity index (χ1) is 9.08. The number of carbonyl (C=O) groups is 2. The van der Waals surface area contributed by atoms with Gasteiger partial charge in [0.1, 0.15) is 0 Å². The lowest BCUT2D eigenvalue weighted by molar-refractivity contribution is -0.144. The summed E-state index contributed by atoms with van der Waals surface area (Å²) in [5.41, 5.74) is 1.23. The molecule has 19 heavy (non-hydrogen) atoms. The van der Waals surface area contributed by atoms with Crippen molar-refractivity contribution >= 4 is 23.3 Å². The van der Waals surface area contributed by atoms with Gasteiger partial charge in [-0.15, -0.1) is 0 Å². The molecule has 1 unspecified atom stereocenters. The van der Waals surface area contributed by atoms with E-state index in [2.05, 4.69) is 10.7 Å². The molecule has 5 nitrogen and oxygen atoms in total. The minimum absolute atomic E-state index is 0.0834. The first kappa shape index (κ1) is 13.9. The number of urea groups is 1. The number of hydrogen-bond donors (Lipinski definition) is 2. The van der Waals surface area contributed by atoms with Gasteiger partial charge in [0.2, 0.25) is 0 Å². The van der Waals surface area contributed by atoms with E-state index in [9.17, 15) is 9.59 Å². The van der Waals surface area contributed by atoms with Gasteiger partial charge in [0.15, 0.2) is 0 Å². The highest BCUT2D eigenvalue weighted by Gasteiger charge is 2.36. The maximum atomic E-state index is 11.8. The van der Waals surface area contributed by atoms with Crippen LogP contribution in [0.3, 0.4) is 0 Å². The Bertz CT molecular complexity index is 441. The third-order valence-corrected chi connectivity index (χ3v) is 4.30. The van der Waals surface area contributed by atoms with Crippen molar-refractivity contribution in [3.63, 3.8) is 0 Å². The largest absolute Gasteiger partial charge is 0.481 e. The number of aliphatic carboxylic acids is 1. The molecule has 1 saturated heterocycles. The molecule has 1 fully saturated rings. The molecule has 0 radical (unpaired) electrons. The third-order valence-electron chi connectivity index (χ3n) is 3.56. The summed E-state index contributed by atoms with van der Waals surface area (Å²) in [7, 11) is 0. The van der Waals surface area contributed by atoms with Gasteiger partial charge in [0, 0.05) is 25.6 Å². The summed E-state index contributed by atoms with van der Waals surface area (Å²) in [6.07, 6.45) is 0.831. The summed E-state index contributed by atoms with van der Waals surface area (Å²) in [5, 5.41) is 15.8. The smallest absolute Gasteiger partial charge is 0.317 e. The van der Waals surface area contributed by atoms with E-state index in [0.717, 1.165) is 6.42 Å². The van der Waals surface area contributed by atoms with Gasteiger partial charge in [-0.05, 0) is 28.8 Å². The molecule has 2 heterocycles. The van der Waals surface area contributed by atoms with E-state index in [4.69, 9.17) is 5.11 Å². The number of carboxylic acid groups (broad SMARTS) is 1. The molecule has 2 amide bonds. The molecule has 0 bridgehead atoms. The van der Waals surface area contributed by atoms with Crippen LogP contribution in [0.25, 0.3) is 0 Å². The van der Waals surface area contributed by atoms with Gasteiger partial charge < -0.3 is 15.3 Å². The predicted octanol–water partition coefficient (Wildman–Crippen LogP) is 1.65. The Hall–Kier alpha value is -1.56. The van der Waals surface area contributed by atoms with Crippen LogP contribution in [0.5, 0.6) is 0 Å². The second kappa shape index (κ2) is 6.06. The highest BCUT2D eigenvalue weighted by molar-refractivity contribution is 7.07. The van der Waals surface area contributed by atoms with Gasteiger partial charge in [-0.1, -0.05) is 6.92 Å². The normalized spacial score (nSPS) is 16.8. The Kier molecular flexibility index (Phi) is 4.42. The lowest BCUT2D eigenvalue weighted by Crippen LogP contribution is -2.56. The van der Waals surface area contributed by atoms with E-state index in [1.54, 1.807) is 23.2 Å². The molecule has 1 aromatic rings. The highest BCUT2D eigenvalue weighted by atomic mass is 32.1. The van der Waals surface area contributed by atoms with Crippen LogP contribution in [0.1, 0.15) is 12.5 Å². The van der Waals surface area contributed by atoms with E-state index in [1.165, 1.54) is 5.56 Å². The number of carbonyl (C=O) groups excluding carboxylic acids is 1. The number of nitrogens with one attached hydrogen (secondary N) is 1. The average molecular weight is 282 g/mol. The Morgan fingerprint density at radius 1 is 1.58 bits per heavy atom. The zero-order chi connectivity index (χ0) is 13.8. The molecule has 0 spiro atoms. The van der Waals surface area contributed by atoms with Gasteiger partial charge in [-0.2, -0.15) is 11.3 Å². The third kappa shape index (κ3) is 3.47. The number of likely N-dealkylation sites (tertiary alicyclic amines) is 1. The zero-order valence-corrected chi connectivity index (χ0v) is 11.7. The van der Waals surface area contributed by atoms with E-state index in [1.807, 2.05) is 11.4 Å². The zero-order valence-electron chi connectivity index (χ0n) is 10.8. The van der Waals surface area contributed by atoms with Gasteiger partial charge in [-0.3, -0.25) is 4.79 Å². The fourth-order valence-electron chi connectivity index (χ4n) is 2.06. The summed E-state index contributed by atoms with van der Waals surface area (Å²) in [4.78, 5) is 24.2. The lowest BCUT2D eigenvalue weighted by atomic mass is 9.87. The SMILES string of the molecule is CC(C(=O)O)C1CN(C(=O)NCCc2ccsc2)C1. The molecule has 0 aliphatic carbocycles. The molecule has 1 aliphatic heterocycles. The highest BCUT2D eigenvalue weighted by Crippen LogP contribution is 2.23. The van der Waals surface area contributed by atoms with Crippen LogP contribution in [0.15, 0.2) is 16.8 Å². The van der Waals surface area contributed by atoms with Gasteiger partial charge in [-0.25, -0.2) is 4.79 Å². The standard InChI is InChI=1S/C13H18N2O3S/c1-9(12(16)17)11-6-15(7-11)13(18)14-4-2-10-3-5-19-8-10/h3,5,8-9,11H,2,4,6-7H2,1H3,(H,14,18)(H,16,17). The second-order valence-corrected chi connectivity index (χ2v) is 5.69. The minimum atomic E-state index is -0.789. The molecule has 0 saturated carbocycles. The van der Waals surface area contributed by atoms with Crippen molar-refractivity contribution in [1.29, 1.82) is 0 Å². The second-order valence-electron chi connectivity index (χ2n) is 4.91. The fourth-order valence-corrected chi connectivity index (χ4v) is 2.76. The predicted molar refractivity (Wildman–Crippen MR) is 73.3 cm³/mol. The van der Waals surface area contributed by atoms with Crippen molar-refractivity contribution in [2.45, 2.75) is 13.3 Å². The van der Waals surface area contributed by atoms with Crippen LogP contribution >= 0.6 is 11.3 Å². The molecular weight excluding hydrogens is 264 g/mol. The maximum absolute atomic E-state index is 11.8. The van der Waals surface area contributed by atoms with Crippen LogP contribution in [-0.2, 0) is 11.2 Å². The van der Waals surface area contributed by atoms with E-state index < -0.39 is 5.97 Å². The van der Waals surface area contributed by atoms with E-state index in [0.29, 0.717) is 19.6 Å². The summed E-state index contributed by atoms with van der Waals surface area (Å²) in [6.45, 7) is 3.39. The Morgan fingerprint density at radius 3 is 2.89 bits per heavy atom. The van der Waals surface area contributed by atoms with Gasteiger partial charge in [0.25, 0.3) is 0 Å². The number of hydrogen-bond acceptors (Lipinski definition) is 3. The number of nitrogens with zero attached hydrogens (tertiary/aromatic N) is 1. The number of thiophene rings is 1. The van der Waals surface area contributed by atoms with Crippen molar-refractivity contribution in [3.05, 3.63) is 22.4 Å². The minimum Gasteiger partial charge on any atom is -0.481 e. The fraction of sp³-hybridized carbons (Fsp3) is 0.538. The molecule has 1 aliphatic rings. The summed E-state index contributed by atoms with van der Waals surface area (Å²) < 4.78 is 0. The van der Waals surface area contributed by atoms with Crippen molar-refractivity contribution in [2.24, 2.45) is 11.8 Å². The van der Waals surface area contributed by atoms with Gasteiger partial charge >= 0.3 is 12.0 Å². The Labute approximate surface area is 116 Å². The molecule has 2 N–H and O–H groups in total. The monoisotopic (exact) mass is 282 g/mol. The molecule has 104 valence electrons. The van der Waals surface area contributed by atoms with Crippen molar-refractivity contribution < 1.29 is 14.7 Å². The maximum Gasteiger partial charge on any atom is 0.317 e. The van der Waals surface area contributed by atoms with Crippen LogP contribution in [0.2, 0.25) is 0 Å². The van der Waals surface area contributed by atoms with Crippen LogP contribution < -0.4 is 5.32 Å². The van der Waals surface area contributed by atoms with E-state index >= 15 is 0 Å². The average Bonchev–Trinajstić information content (AvgIpc) is 2.79. The lowest BCUT2D eigenvalue weighted by Gasteiger charge is -2.41. The quantitative estimate of drug-likeness (QED) is 0.863. The molecule has 1 atom stereocenters. The van der Waals surface area contributed by atoms with Gasteiger partial charge in [0.05, 0.1) is 5.92 Å². The molecule has 6 heteroatoms. The number of rotatable bonds is 5. The Morgan fingerprint density at radius 2 is 2.32 bits per heavy atom. The molecule has 0 aromatic carbocycles. The van der Waals surface area contributed by atoms with Crippen molar-refractivity contribution in [1.82, 2.24) is 10.2 Å². The van der Waals surface area contributed by atoms with E-state index in [-0.39, 0.29) is 17.9 Å². The summed E-state index contributed by atoms with van der Waals surface area (Å²) in [5.74, 6) is -1.09. The first-order valence-electron chi connectivity index (χ1n) is 6.34. The molecule has 2 rings (SSSR count). The summed E-state index contributed by atoms with van der Waals surface area (Å²) in [6, 6.07) is 1.95. The van der Waals surface area contributed by atoms with Crippen molar-refractivity contribution in [2.75, 3.05) is 19.6 Å².